The van der Waals surface area contributed by atoms with Crippen LogP contribution in [0.25, 0.3) is 31.8 Å². The van der Waals surface area contributed by atoms with Gasteiger partial charge in [-0.25, -0.2) is 14.8 Å². The maximum Gasteiger partial charge on any atom is 0.346 e. The van der Waals surface area contributed by atoms with E-state index in [4.69, 9.17) is 4.42 Å². The minimum Gasteiger partial charge on any atom is -0.422 e. The first-order chi connectivity index (χ1) is 12.8. The number of nitrogens with one attached hydrogen (secondary N) is 1. The van der Waals surface area contributed by atoms with Crippen molar-refractivity contribution in [3.8, 4) is 10.6 Å². The Labute approximate surface area is 153 Å². The van der Waals surface area contributed by atoms with Crippen molar-refractivity contribution in [2.24, 2.45) is 0 Å². The third-order valence-corrected chi connectivity index (χ3v) is 5.64. The minimum absolute atomic E-state index is 0.367. The van der Waals surface area contributed by atoms with E-state index in [-0.39, 0.29) is 5.63 Å². The van der Waals surface area contributed by atoms with E-state index in [2.05, 4.69) is 20.2 Å². The zero-order valence-electron chi connectivity index (χ0n) is 13.9. The average molecular weight is 364 g/mol. The molecule has 1 aromatic carbocycles. The lowest BCUT2D eigenvalue weighted by Crippen LogP contribution is -2.43. The fraction of sp³-hybridized carbons (Fsp3) is 0.211. The van der Waals surface area contributed by atoms with Gasteiger partial charge in [-0.15, -0.1) is 11.3 Å². The molecule has 26 heavy (non-hydrogen) atoms. The Morgan fingerprint density at radius 2 is 2.00 bits per heavy atom. The summed E-state index contributed by atoms with van der Waals surface area (Å²) < 4.78 is 6.65. The Kier molecular flexibility index (Phi) is 3.69. The number of pyridine rings is 1. The summed E-state index contributed by atoms with van der Waals surface area (Å²) in [5.74, 6) is 0.842. The SMILES string of the molecule is O=c1oc2cc(N3CCNCC3)ncc2cc1-c1nc2ccccc2s1. The molecule has 5 rings (SSSR count). The number of thiazole rings is 1. The number of benzene rings is 1. The number of para-hydroxylation sites is 1. The van der Waals surface area contributed by atoms with Gasteiger partial charge in [-0.05, 0) is 18.2 Å². The van der Waals surface area contributed by atoms with Gasteiger partial charge in [0.05, 0.1) is 15.8 Å². The second kappa shape index (κ2) is 6.19. The van der Waals surface area contributed by atoms with Crippen LogP contribution < -0.4 is 15.8 Å². The first-order valence-corrected chi connectivity index (χ1v) is 9.35. The first kappa shape index (κ1) is 15.5. The summed E-state index contributed by atoms with van der Waals surface area (Å²) >= 11 is 1.49. The molecule has 3 aromatic heterocycles. The Morgan fingerprint density at radius 1 is 1.15 bits per heavy atom. The molecule has 6 nitrogen and oxygen atoms in total. The van der Waals surface area contributed by atoms with Crippen LogP contribution in [0.4, 0.5) is 5.82 Å². The van der Waals surface area contributed by atoms with Crippen LogP contribution >= 0.6 is 11.3 Å². The van der Waals surface area contributed by atoms with Crippen LogP contribution in [0.1, 0.15) is 0 Å². The molecule has 7 heteroatoms. The van der Waals surface area contributed by atoms with Gasteiger partial charge in [0.15, 0.2) is 0 Å². The molecule has 0 radical (unpaired) electrons. The predicted octanol–water partition coefficient (Wildman–Crippen LogP) is 2.87. The second-order valence-corrected chi connectivity index (χ2v) is 7.28. The number of hydrogen-bond donors (Lipinski definition) is 1. The third kappa shape index (κ3) is 2.65. The van der Waals surface area contributed by atoms with Crippen LogP contribution in [0, 0.1) is 0 Å². The van der Waals surface area contributed by atoms with Gasteiger partial charge in [-0.3, -0.25) is 0 Å². The van der Waals surface area contributed by atoms with Gasteiger partial charge in [0.25, 0.3) is 0 Å². The van der Waals surface area contributed by atoms with Crippen molar-refractivity contribution in [2.75, 3.05) is 31.1 Å². The lowest BCUT2D eigenvalue weighted by molar-refractivity contribution is 0.560. The second-order valence-electron chi connectivity index (χ2n) is 6.25. The molecule has 0 bridgehead atoms. The van der Waals surface area contributed by atoms with Crippen molar-refractivity contribution in [3.63, 3.8) is 0 Å². The van der Waals surface area contributed by atoms with Crippen molar-refractivity contribution in [3.05, 3.63) is 53.0 Å². The van der Waals surface area contributed by atoms with Gasteiger partial charge < -0.3 is 14.6 Å². The van der Waals surface area contributed by atoms with Crippen molar-refractivity contribution < 1.29 is 4.42 Å². The van der Waals surface area contributed by atoms with E-state index in [1.54, 1.807) is 6.20 Å². The monoisotopic (exact) mass is 364 g/mol. The smallest absolute Gasteiger partial charge is 0.346 e. The quantitative estimate of drug-likeness (QED) is 0.590. The average Bonchev–Trinajstić information content (AvgIpc) is 3.11. The molecule has 0 atom stereocenters. The first-order valence-electron chi connectivity index (χ1n) is 8.53. The lowest BCUT2D eigenvalue weighted by atomic mass is 10.2. The molecule has 0 unspecified atom stereocenters. The molecular formula is C19H16N4O2S. The fourth-order valence-corrected chi connectivity index (χ4v) is 4.18. The van der Waals surface area contributed by atoms with Crippen molar-refractivity contribution >= 4 is 38.3 Å². The highest BCUT2D eigenvalue weighted by Gasteiger charge is 2.16. The number of nitrogens with zero attached hydrogens (tertiary/aromatic N) is 3. The highest BCUT2D eigenvalue weighted by Crippen LogP contribution is 2.30. The van der Waals surface area contributed by atoms with E-state index in [1.165, 1.54) is 11.3 Å². The van der Waals surface area contributed by atoms with E-state index in [0.29, 0.717) is 16.2 Å². The number of fused-ring (bicyclic) bond motifs is 2. The summed E-state index contributed by atoms with van der Waals surface area (Å²) in [4.78, 5) is 23.9. The van der Waals surface area contributed by atoms with Crippen LogP contribution in [0.5, 0.6) is 0 Å². The van der Waals surface area contributed by atoms with Gasteiger partial charge in [0.2, 0.25) is 0 Å². The molecule has 1 N–H and O–H groups in total. The Hall–Kier alpha value is -2.77. The van der Waals surface area contributed by atoms with Crippen LogP contribution in [-0.4, -0.2) is 36.1 Å². The summed E-state index contributed by atoms with van der Waals surface area (Å²) in [6, 6.07) is 11.5. The van der Waals surface area contributed by atoms with E-state index in [1.807, 2.05) is 36.4 Å². The number of anilines is 1. The highest BCUT2D eigenvalue weighted by atomic mass is 32.1. The van der Waals surface area contributed by atoms with Crippen LogP contribution in [0.2, 0.25) is 0 Å². The highest BCUT2D eigenvalue weighted by molar-refractivity contribution is 7.21. The molecule has 1 fully saturated rings. The zero-order valence-corrected chi connectivity index (χ0v) is 14.8. The Morgan fingerprint density at radius 3 is 2.85 bits per heavy atom. The lowest BCUT2D eigenvalue weighted by Gasteiger charge is -2.28. The molecule has 4 aromatic rings. The molecule has 0 aliphatic carbocycles. The summed E-state index contributed by atoms with van der Waals surface area (Å²) in [7, 11) is 0. The zero-order chi connectivity index (χ0) is 17.5. The molecule has 1 aliphatic rings. The van der Waals surface area contributed by atoms with Gasteiger partial charge in [-0.1, -0.05) is 12.1 Å². The van der Waals surface area contributed by atoms with Crippen molar-refractivity contribution in [1.29, 1.82) is 0 Å². The molecular weight excluding hydrogens is 348 g/mol. The Bertz CT molecular complexity index is 1130. The normalized spacial score (nSPS) is 15.0. The molecule has 1 aliphatic heterocycles. The molecule has 1 saturated heterocycles. The van der Waals surface area contributed by atoms with Gasteiger partial charge in [0, 0.05) is 43.8 Å². The number of hydrogen-bond acceptors (Lipinski definition) is 7. The molecule has 0 spiro atoms. The van der Waals surface area contributed by atoms with Crippen molar-refractivity contribution in [1.82, 2.24) is 15.3 Å². The minimum atomic E-state index is -0.367. The van der Waals surface area contributed by atoms with Crippen LogP contribution in [0.3, 0.4) is 0 Å². The third-order valence-electron chi connectivity index (χ3n) is 4.57. The number of rotatable bonds is 2. The molecule has 0 amide bonds. The molecule has 4 heterocycles. The fourth-order valence-electron chi connectivity index (χ4n) is 3.21. The van der Waals surface area contributed by atoms with E-state index in [0.717, 1.165) is 47.6 Å². The summed E-state index contributed by atoms with van der Waals surface area (Å²) in [5, 5.41) is 4.80. The predicted molar refractivity (Wildman–Crippen MR) is 104 cm³/mol. The summed E-state index contributed by atoms with van der Waals surface area (Å²) in [5.41, 5.74) is 1.56. The maximum absolute atomic E-state index is 12.6. The molecule has 0 saturated carbocycles. The largest absolute Gasteiger partial charge is 0.422 e. The van der Waals surface area contributed by atoms with Gasteiger partial charge in [-0.2, -0.15) is 0 Å². The maximum atomic E-state index is 12.6. The molecule has 130 valence electrons. The van der Waals surface area contributed by atoms with E-state index < -0.39 is 0 Å². The van der Waals surface area contributed by atoms with Crippen LogP contribution in [-0.2, 0) is 0 Å². The van der Waals surface area contributed by atoms with Crippen LogP contribution in [0.15, 0.2) is 51.8 Å². The summed E-state index contributed by atoms with van der Waals surface area (Å²) in [6.45, 7) is 3.65. The van der Waals surface area contributed by atoms with Gasteiger partial charge in [0.1, 0.15) is 16.4 Å². The number of aromatic nitrogens is 2. The number of piperazine rings is 1. The van der Waals surface area contributed by atoms with E-state index >= 15 is 0 Å². The Balaban J connectivity index is 1.59. The summed E-state index contributed by atoms with van der Waals surface area (Å²) in [6.07, 6.45) is 1.77. The van der Waals surface area contributed by atoms with E-state index in [9.17, 15) is 4.79 Å². The standard InChI is InChI=1S/C19H16N4O2S/c24-19-13(18-22-14-3-1-2-4-16(14)26-18)9-12-11-21-17(10-15(12)25-19)23-7-5-20-6-8-23/h1-4,9-11,20H,5-8H2. The van der Waals surface area contributed by atoms with Gasteiger partial charge >= 0.3 is 5.63 Å². The van der Waals surface area contributed by atoms with Crippen molar-refractivity contribution in [2.45, 2.75) is 0 Å². The topological polar surface area (TPSA) is 71.3 Å².